The third-order valence-corrected chi connectivity index (χ3v) is 9.19. The highest BCUT2D eigenvalue weighted by Gasteiger charge is 2.27. The molecule has 0 aliphatic carbocycles. The van der Waals surface area contributed by atoms with Gasteiger partial charge in [0.05, 0.1) is 16.1 Å². The molecule has 1 aliphatic heterocycles. The van der Waals surface area contributed by atoms with E-state index in [0.717, 1.165) is 36.7 Å². The Hall–Kier alpha value is -1.95. The first-order valence-electron chi connectivity index (χ1n) is 8.57. The number of aryl methyl sites for hydroxylation is 1. The molecule has 2 aromatic rings. The largest absolute Gasteiger partial charge is 0.478 e. The average molecular weight is 445 g/mol. The van der Waals surface area contributed by atoms with Crippen molar-refractivity contribution in [2.75, 3.05) is 17.8 Å². The summed E-state index contributed by atoms with van der Waals surface area (Å²) in [5.41, 5.74) is 0.572. The minimum Gasteiger partial charge on any atom is -0.478 e. The fraction of sp³-hybridized carbons (Fsp3) is 0.353. The standard InChI is InChI=1S/C17H20N2O6S3/c1-12-5-6-14(28(24,25)19-7-3-2-4-8-19)10-15(12)18-27(22,23)16-9-13(11-26-16)17(20)21/h5-6,9-11,18H,2-4,7-8H2,1H3,(H,20,21). The molecule has 1 saturated heterocycles. The van der Waals surface area contributed by atoms with Gasteiger partial charge in [-0.1, -0.05) is 12.5 Å². The zero-order chi connectivity index (χ0) is 20.5. The maximum atomic E-state index is 12.9. The number of aromatic carboxylic acids is 1. The Balaban J connectivity index is 1.92. The Morgan fingerprint density at radius 1 is 1.11 bits per heavy atom. The molecule has 0 saturated carbocycles. The number of benzene rings is 1. The molecule has 11 heteroatoms. The zero-order valence-electron chi connectivity index (χ0n) is 15.1. The van der Waals surface area contributed by atoms with Gasteiger partial charge in [0.1, 0.15) is 4.21 Å². The summed E-state index contributed by atoms with van der Waals surface area (Å²) in [7, 11) is -7.74. The summed E-state index contributed by atoms with van der Waals surface area (Å²) in [5.74, 6) is -1.22. The molecule has 2 N–H and O–H groups in total. The fourth-order valence-corrected chi connectivity index (χ4v) is 6.71. The maximum Gasteiger partial charge on any atom is 0.336 e. The third-order valence-electron chi connectivity index (χ3n) is 4.49. The van der Waals surface area contributed by atoms with Crippen LogP contribution in [0.15, 0.2) is 38.8 Å². The van der Waals surface area contributed by atoms with Crippen molar-refractivity contribution < 1.29 is 26.7 Å². The SMILES string of the molecule is Cc1ccc(S(=O)(=O)N2CCCCC2)cc1NS(=O)(=O)c1cc(C(=O)O)cs1. The third kappa shape index (κ3) is 4.22. The van der Waals surface area contributed by atoms with Gasteiger partial charge >= 0.3 is 5.97 Å². The first-order chi connectivity index (χ1) is 13.1. The zero-order valence-corrected chi connectivity index (χ0v) is 17.5. The first kappa shape index (κ1) is 20.8. The Bertz CT molecular complexity index is 1100. The second-order valence-corrected chi connectivity index (χ2v) is 11.3. The highest BCUT2D eigenvalue weighted by molar-refractivity contribution is 7.94. The van der Waals surface area contributed by atoms with E-state index in [9.17, 15) is 21.6 Å². The normalized spacial score (nSPS) is 16.0. The van der Waals surface area contributed by atoms with Crippen LogP contribution >= 0.6 is 11.3 Å². The van der Waals surface area contributed by atoms with Gasteiger partial charge in [-0.3, -0.25) is 4.72 Å². The van der Waals surface area contributed by atoms with Gasteiger partial charge in [-0.15, -0.1) is 11.3 Å². The van der Waals surface area contributed by atoms with E-state index in [2.05, 4.69) is 4.72 Å². The van der Waals surface area contributed by atoms with Crippen molar-refractivity contribution in [3.8, 4) is 0 Å². The molecule has 0 atom stereocenters. The van der Waals surface area contributed by atoms with E-state index in [1.165, 1.54) is 21.8 Å². The van der Waals surface area contributed by atoms with E-state index in [0.29, 0.717) is 18.7 Å². The molecular formula is C17H20N2O6S3. The monoisotopic (exact) mass is 444 g/mol. The second kappa shape index (κ2) is 7.82. The van der Waals surface area contributed by atoms with Crippen LogP contribution in [0.1, 0.15) is 35.2 Å². The van der Waals surface area contributed by atoms with E-state index in [4.69, 9.17) is 5.11 Å². The summed E-state index contributed by atoms with van der Waals surface area (Å²) in [6, 6.07) is 5.39. The molecule has 1 aromatic carbocycles. The van der Waals surface area contributed by atoms with E-state index in [1.54, 1.807) is 13.0 Å². The number of nitrogens with one attached hydrogen (secondary N) is 1. The van der Waals surface area contributed by atoms with E-state index >= 15 is 0 Å². The van der Waals surface area contributed by atoms with Gasteiger partial charge in [-0.25, -0.2) is 21.6 Å². The van der Waals surface area contributed by atoms with Crippen molar-refractivity contribution in [3.63, 3.8) is 0 Å². The number of rotatable bonds is 6. The van der Waals surface area contributed by atoms with E-state index in [-0.39, 0.29) is 20.4 Å². The molecule has 1 aliphatic rings. The van der Waals surface area contributed by atoms with Crippen molar-refractivity contribution in [3.05, 3.63) is 40.8 Å². The van der Waals surface area contributed by atoms with Crippen molar-refractivity contribution in [2.24, 2.45) is 0 Å². The number of anilines is 1. The molecule has 8 nitrogen and oxygen atoms in total. The van der Waals surface area contributed by atoms with Gasteiger partial charge in [-0.2, -0.15) is 4.31 Å². The molecular weight excluding hydrogens is 424 g/mol. The molecule has 0 bridgehead atoms. The Morgan fingerprint density at radius 2 is 1.79 bits per heavy atom. The lowest BCUT2D eigenvalue weighted by Crippen LogP contribution is -2.35. The summed E-state index contributed by atoms with van der Waals surface area (Å²) in [6.07, 6.45) is 2.59. The lowest BCUT2D eigenvalue weighted by molar-refractivity contribution is 0.0697. The summed E-state index contributed by atoms with van der Waals surface area (Å²) in [6.45, 7) is 2.56. The summed E-state index contributed by atoms with van der Waals surface area (Å²) in [4.78, 5) is 11.0. The lowest BCUT2D eigenvalue weighted by Gasteiger charge is -2.26. The molecule has 0 amide bonds. The number of hydrogen-bond acceptors (Lipinski definition) is 6. The van der Waals surface area contributed by atoms with Crippen LogP contribution in [-0.2, 0) is 20.0 Å². The van der Waals surface area contributed by atoms with Crippen LogP contribution in [0.5, 0.6) is 0 Å². The highest BCUT2D eigenvalue weighted by Crippen LogP contribution is 2.28. The van der Waals surface area contributed by atoms with Gasteiger partial charge in [0.15, 0.2) is 0 Å². The average Bonchev–Trinajstić information content (AvgIpc) is 3.15. The number of hydrogen-bond donors (Lipinski definition) is 2. The van der Waals surface area contributed by atoms with Gasteiger partial charge < -0.3 is 5.11 Å². The van der Waals surface area contributed by atoms with Crippen LogP contribution in [0.3, 0.4) is 0 Å². The number of piperidine rings is 1. The van der Waals surface area contributed by atoms with E-state index in [1.807, 2.05) is 0 Å². The number of thiophene rings is 1. The van der Waals surface area contributed by atoms with E-state index < -0.39 is 26.0 Å². The van der Waals surface area contributed by atoms with Crippen molar-refractivity contribution in [1.29, 1.82) is 0 Å². The number of carboxylic acids is 1. The molecule has 1 fully saturated rings. The van der Waals surface area contributed by atoms with Crippen LogP contribution in [0.25, 0.3) is 0 Å². The second-order valence-electron chi connectivity index (χ2n) is 6.51. The van der Waals surface area contributed by atoms with Crippen molar-refractivity contribution in [1.82, 2.24) is 4.31 Å². The maximum absolute atomic E-state index is 12.9. The molecule has 152 valence electrons. The summed E-state index contributed by atoms with van der Waals surface area (Å²) < 4.78 is 54.5. The lowest BCUT2D eigenvalue weighted by atomic mass is 10.2. The quantitative estimate of drug-likeness (QED) is 0.707. The first-order valence-corrected chi connectivity index (χ1v) is 12.4. The topological polar surface area (TPSA) is 121 Å². The molecule has 0 radical (unpaired) electrons. The Labute approximate surface area is 167 Å². The molecule has 1 aromatic heterocycles. The Morgan fingerprint density at radius 3 is 2.39 bits per heavy atom. The van der Waals surface area contributed by atoms with Gasteiger partial charge in [0.2, 0.25) is 10.0 Å². The highest BCUT2D eigenvalue weighted by atomic mass is 32.2. The molecule has 2 heterocycles. The van der Waals surface area contributed by atoms with Crippen LogP contribution in [0.2, 0.25) is 0 Å². The number of nitrogens with zero attached hydrogens (tertiary/aromatic N) is 1. The van der Waals surface area contributed by atoms with Gasteiger partial charge in [0, 0.05) is 18.5 Å². The molecule has 0 unspecified atom stereocenters. The predicted octanol–water partition coefficient (Wildman–Crippen LogP) is 2.73. The van der Waals surface area contributed by atoms with Crippen LogP contribution < -0.4 is 4.72 Å². The predicted molar refractivity (Wildman–Crippen MR) is 106 cm³/mol. The number of carboxylic acid groups (broad SMARTS) is 1. The van der Waals surface area contributed by atoms with Crippen LogP contribution in [0.4, 0.5) is 5.69 Å². The minimum absolute atomic E-state index is 0.0232. The smallest absolute Gasteiger partial charge is 0.336 e. The van der Waals surface area contributed by atoms with Crippen molar-refractivity contribution >= 4 is 43.0 Å². The summed E-state index contributed by atoms with van der Waals surface area (Å²) >= 11 is 0.785. The summed E-state index contributed by atoms with van der Waals surface area (Å²) in [5, 5.41) is 10.2. The van der Waals surface area contributed by atoms with Crippen molar-refractivity contribution in [2.45, 2.75) is 35.3 Å². The van der Waals surface area contributed by atoms with Crippen LogP contribution in [-0.4, -0.2) is 45.3 Å². The Kier molecular flexibility index (Phi) is 5.80. The number of carbonyl (C=O) groups is 1. The van der Waals surface area contributed by atoms with Crippen LogP contribution in [0, 0.1) is 6.92 Å². The number of sulfonamides is 2. The molecule has 3 rings (SSSR count). The molecule has 0 spiro atoms. The fourth-order valence-electron chi connectivity index (χ4n) is 2.89. The molecule has 28 heavy (non-hydrogen) atoms. The van der Waals surface area contributed by atoms with Gasteiger partial charge in [-0.05, 0) is 43.5 Å². The van der Waals surface area contributed by atoms with Gasteiger partial charge in [0.25, 0.3) is 10.0 Å². The minimum atomic E-state index is -4.04.